The zero-order valence-corrected chi connectivity index (χ0v) is 31.1. The Morgan fingerprint density at radius 2 is 1.28 bits per heavy atom. The van der Waals surface area contributed by atoms with Crippen LogP contribution in [-0.4, -0.2) is 43.7 Å². The largest absolute Gasteiger partial charge is 0.494 e. The predicted octanol–water partition coefficient (Wildman–Crippen LogP) is 8.67. The Bertz CT molecular complexity index is 1840. The van der Waals surface area contributed by atoms with Crippen molar-refractivity contribution in [2.75, 3.05) is 30.7 Å². The van der Waals surface area contributed by atoms with Crippen LogP contribution in [0.5, 0.6) is 17.2 Å². The van der Waals surface area contributed by atoms with Crippen molar-refractivity contribution >= 4 is 35.3 Å². The van der Waals surface area contributed by atoms with E-state index in [1.165, 1.54) is 24.3 Å². The molecule has 0 aliphatic carbocycles. The number of carbonyl (C=O) groups excluding carboxylic acids is 4. The second-order valence-electron chi connectivity index (χ2n) is 12.6. The first-order chi connectivity index (χ1) is 26.1. The van der Waals surface area contributed by atoms with Gasteiger partial charge in [-0.2, -0.15) is 0 Å². The maximum absolute atomic E-state index is 12.9. The minimum absolute atomic E-state index is 0.0555. The van der Waals surface area contributed by atoms with E-state index in [4.69, 9.17) is 23.7 Å². The van der Waals surface area contributed by atoms with Crippen molar-refractivity contribution in [3.05, 3.63) is 126 Å². The van der Waals surface area contributed by atoms with Crippen molar-refractivity contribution < 1.29 is 42.9 Å². The molecule has 0 spiro atoms. The molecular formula is C43H48N2O9. The van der Waals surface area contributed by atoms with Gasteiger partial charge in [-0.1, -0.05) is 32.6 Å². The number of ether oxygens (including phenoxy) is 5. The number of benzene rings is 4. The van der Waals surface area contributed by atoms with E-state index in [0.717, 1.165) is 60.7 Å². The van der Waals surface area contributed by atoms with Crippen LogP contribution in [0.1, 0.15) is 77.8 Å². The molecule has 0 heterocycles. The van der Waals surface area contributed by atoms with Crippen LogP contribution in [0.3, 0.4) is 0 Å². The highest BCUT2D eigenvalue weighted by Crippen LogP contribution is 2.24. The van der Waals surface area contributed by atoms with Crippen LogP contribution < -0.4 is 25.1 Å². The lowest BCUT2D eigenvalue weighted by molar-refractivity contribution is -0.148. The fraction of sp³-hybridized carbons (Fsp3) is 0.302. The number of unbranched alkanes of at least 4 members (excludes halogenated alkanes) is 3. The van der Waals surface area contributed by atoms with E-state index in [9.17, 15) is 19.2 Å². The molecule has 0 amide bonds. The smallest absolute Gasteiger partial charge is 0.343 e. The molecule has 54 heavy (non-hydrogen) atoms. The minimum atomic E-state index is -0.549. The van der Waals surface area contributed by atoms with E-state index >= 15 is 0 Å². The fourth-order valence-electron chi connectivity index (χ4n) is 4.97. The molecule has 4 aromatic carbocycles. The standard InChI is InChI=1S/C43H48N2O9/c1-5-30(3)41(47)52-27-10-8-7-9-26-50-37-20-13-33(14-21-37)42(48)53-38-22-15-34(16-23-38)43(49)54-39-24-19-36(29-31(39)4)45-44-35-17-11-32(12-18-35)25-28-51-40(46)6-2/h6,11-24,29-30,44-45H,2,5,7-10,25-28H2,1,3-4H3. The van der Waals surface area contributed by atoms with Gasteiger partial charge < -0.3 is 34.5 Å². The topological polar surface area (TPSA) is 138 Å². The minimum Gasteiger partial charge on any atom is -0.494 e. The highest BCUT2D eigenvalue weighted by Gasteiger charge is 2.14. The summed E-state index contributed by atoms with van der Waals surface area (Å²) in [5.41, 5.74) is 10.3. The second kappa shape index (κ2) is 21.4. The lowest BCUT2D eigenvalue weighted by Gasteiger charge is -2.13. The summed E-state index contributed by atoms with van der Waals surface area (Å²) >= 11 is 0. The summed E-state index contributed by atoms with van der Waals surface area (Å²) in [5, 5.41) is 0. The van der Waals surface area contributed by atoms with Crippen LogP contribution in [0, 0.1) is 12.8 Å². The van der Waals surface area contributed by atoms with E-state index in [0.29, 0.717) is 42.3 Å². The van der Waals surface area contributed by atoms with E-state index in [1.807, 2.05) is 51.1 Å². The van der Waals surface area contributed by atoms with Gasteiger partial charge in [0.15, 0.2) is 0 Å². The molecule has 0 aromatic heterocycles. The molecule has 2 N–H and O–H groups in total. The summed E-state index contributed by atoms with van der Waals surface area (Å²) < 4.78 is 27.2. The molecule has 0 radical (unpaired) electrons. The quantitative estimate of drug-likeness (QED) is 0.0279. The number of hydrogen-bond acceptors (Lipinski definition) is 11. The van der Waals surface area contributed by atoms with Crippen LogP contribution in [0.4, 0.5) is 11.4 Å². The molecule has 0 saturated heterocycles. The Kier molecular flexibility index (Phi) is 16.1. The van der Waals surface area contributed by atoms with Crippen molar-refractivity contribution in [3.63, 3.8) is 0 Å². The zero-order chi connectivity index (χ0) is 38.7. The van der Waals surface area contributed by atoms with E-state index in [-0.39, 0.29) is 24.2 Å². The maximum atomic E-state index is 12.9. The third-order valence-electron chi connectivity index (χ3n) is 8.44. The summed E-state index contributed by atoms with van der Waals surface area (Å²) in [7, 11) is 0. The molecule has 11 heteroatoms. The molecule has 0 fully saturated rings. The lowest BCUT2D eigenvalue weighted by Crippen LogP contribution is -2.14. The molecule has 0 saturated carbocycles. The van der Waals surface area contributed by atoms with Gasteiger partial charge in [-0.3, -0.25) is 4.79 Å². The number of anilines is 2. The number of hydrogen-bond donors (Lipinski definition) is 2. The number of nitrogens with one attached hydrogen (secondary N) is 2. The maximum Gasteiger partial charge on any atom is 0.343 e. The Morgan fingerprint density at radius 1 is 0.685 bits per heavy atom. The second-order valence-corrected chi connectivity index (χ2v) is 12.6. The van der Waals surface area contributed by atoms with Gasteiger partial charge in [0.1, 0.15) is 17.2 Å². The fourth-order valence-corrected chi connectivity index (χ4v) is 4.97. The Labute approximate surface area is 316 Å². The number of carbonyl (C=O) groups is 4. The first-order valence-corrected chi connectivity index (χ1v) is 18.1. The van der Waals surface area contributed by atoms with Gasteiger partial charge in [0, 0.05) is 12.5 Å². The van der Waals surface area contributed by atoms with Crippen molar-refractivity contribution in [1.82, 2.24) is 0 Å². The lowest BCUT2D eigenvalue weighted by atomic mass is 10.1. The summed E-state index contributed by atoms with van der Waals surface area (Å²) in [6.45, 7) is 10.3. The van der Waals surface area contributed by atoms with Gasteiger partial charge in [0.05, 0.1) is 48.2 Å². The highest BCUT2D eigenvalue weighted by molar-refractivity contribution is 5.93. The van der Waals surface area contributed by atoms with Crippen molar-refractivity contribution in [3.8, 4) is 17.2 Å². The van der Waals surface area contributed by atoms with Gasteiger partial charge >= 0.3 is 23.9 Å². The van der Waals surface area contributed by atoms with Crippen molar-refractivity contribution in [2.45, 2.75) is 59.3 Å². The predicted molar refractivity (Wildman–Crippen MR) is 207 cm³/mol. The van der Waals surface area contributed by atoms with E-state index in [2.05, 4.69) is 17.4 Å². The van der Waals surface area contributed by atoms with Gasteiger partial charge in [-0.25, -0.2) is 14.4 Å². The SMILES string of the molecule is C=CC(=O)OCCc1ccc(NNc2ccc(OC(=O)c3ccc(OC(=O)c4ccc(OCCCCCCOC(=O)C(C)CC)cc4)cc3)c(C)c2)cc1. The summed E-state index contributed by atoms with van der Waals surface area (Å²) in [6.07, 6.45) is 6.13. The number of aryl methyl sites for hydroxylation is 1. The van der Waals surface area contributed by atoms with Crippen LogP contribution in [0.15, 0.2) is 104 Å². The molecule has 0 aliphatic rings. The van der Waals surface area contributed by atoms with Crippen molar-refractivity contribution in [1.29, 1.82) is 0 Å². The number of hydrazine groups is 1. The third-order valence-corrected chi connectivity index (χ3v) is 8.44. The Balaban J connectivity index is 1.15. The highest BCUT2D eigenvalue weighted by atomic mass is 16.5. The van der Waals surface area contributed by atoms with Crippen molar-refractivity contribution in [2.24, 2.45) is 5.92 Å². The summed E-state index contributed by atoms with van der Waals surface area (Å²) in [4.78, 5) is 48.5. The van der Waals surface area contributed by atoms with Gasteiger partial charge in [-0.05, 0) is 129 Å². The molecule has 0 aliphatic heterocycles. The molecule has 11 nitrogen and oxygen atoms in total. The Morgan fingerprint density at radius 3 is 1.91 bits per heavy atom. The molecule has 4 rings (SSSR count). The number of rotatable bonds is 21. The summed E-state index contributed by atoms with van der Waals surface area (Å²) in [6, 6.07) is 25.9. The zero-order valence-electron chi connectivity index (χ0n) is 31.1. The molecule has 0 bridgehead atoms. The van der Waals surface area contributed by atoms with Crippen LogP contribution in [0.25, 0.3) is 0 Å². The Hall–Kier alpha value is -6.10. The molecule has 1 unspecified atom stereocenters. The average molecular weight is 737 g/mol. The van der Waals surface area contributed by atoms with E-state index < -0.39 is 17.9 Å². The van der Waals surface area contributed by atoms with Gasteiger partial charge in [0.2, 0.25) is 0 Å². The van der Waals surface area contributed by atoms with Gasteiger partial charge in [-0.15, -0.1) is 0 Å². The first-order valence-electron chi connectivity index (χ1n) is 18.1. The molecular weight excluding hydrogens is 688 g/mol. The van der Waals surface area contributed by atoms with E-state index in [1.54, 1.807) is 36.4 Å². The first kappa shape index (κ1) is 40.7. The normalized spacial score (nSPS) is 11.1. The molecule has 284 valence electrons. The monoisotopic (exact) mass is 736 g/mol. The number of esters is 4. The average Bonchev–Trinajstić information content (AvgIpc) is 3.19. The van der Waals surface area contributed by atoms with Crippen LogP contribution in [-0.2, 0) is 25.5 Å². The summed E-state index contributed by atoms with van der Waals surface area (Å²) in [5.74, 6) is -0.367. The van der Waals surface area contributed by atoms with Gasteiger partial charge in [0.25, 0.3) is 0 Å². The molecule has 4 aromatic rings. The molecule has 1 atom stereocenters. The van der Waals surface area contributed by atoms with Crippen LogP contribution in [0.2, 0.25) is 0 Å². The third kappa shape index (κ3) is 13.5. The van der Waals surface area contributed by atoms with Crippen LogP contribution >= 0.6 is 0 Å².